The Kier molecular flexibility index (Phi) is 7.14. The van der Waals surface area contributed by atoms with E-state index in [4.69, 9.17) is 0 Å². The average Bonchev–Trinajstić information content (AvgIpc) is 3.25. The van der Waals surface area contributed by atoms with E-state index in [0.29, 0.717) is 17.0 Å². The normalized spacial score (nSPS) is 18.9. The summed E-state index contributed by atoms with van der Waals surface area (Å²) >= 11 is 0. The molecule has 0 bridgehead atoms. The summed E-state index contributed by atoms with van der Waals surface area (Å²) in [5.74, 6) is -1.43. The van der Waals surface area contributed by atoms with Crippen LogP contribution < -0.4 is 0 Å². The van der Waals surface area contributed by atoms with Crippen molar-refractivity contribution in [1.29, 1.82) is 0 Å². The maximum Gasteiger partial charge on any atom is 0.416 e. The molecule has 1 aromatic carbocycles. The van der Waals surface area contributed by atoms with Gasteiger partial charge < -0.3 is 0 Å². The van der Waals surface area contributed by atoms with Crippen LogP contribution in [0.15, 0.2) is 60.0 Å². The monoisotopic (exact) mass is 526 g/mol. The minimum Gasteiger partial charge on any atom is -0.298 e. The van der Waals surface area contributed by atoms with Crippen LogP contribution in [0, 0.1) is 5.82 Å². The maximum atomic E-state index is 14.2. The molecule has 1 aliphatic rings. The molecule has 7 nitrogen and oxygen atoms in total. The largest absolute Gasteiger partial charge is 0.416 e. The van der Waals surface area contributed by atoms with Gasteiger partial charge in [0.1, 0.15) is 23.2 Å². The number of halogens is 5. The zero-order chi connectivity index (χ0) is 26.1. The van der Waals surface area contributed by atoms with Crippen LogP contribution in [0.1, 0.15) is 24.1 Å². The van der Waals surface area contributed by atoms with Crippen molar-refractivity contribution < 1.29 is 35.2 Å². The summed E-state index contributed by atoms with van der Waals surface area (Å²) in [5, 5.41) is 0. The second-order valence-electron chi connectivity index (χ2n) is 8.20. The lowest BCUT2D eigenvalue weighted by Crippen LogP contribution is -2.40. The van der Waals surface area contributed by atoms with E-state index in [0.717, 1.165) is 34.9 Å². The molecule has 1 fully saturated rings. The number of rotatable bonds is 7. The van der Waals surface area contributed by atoms with Gasteiger partial charge in [-0.1, -0.05) is 12.1 Å². The summed E-state index contributed by atoms with van der Waals surface area (Å²) in [7, 11) is -4.36. The molecule has 0 unspecified atom stereocenters. The molecule has 0 spiro atoms. The van der Waals surface area contributed by atoms with Crippen LogP contribution in [0.5, 0.6) is 0 Å². The van der Waals surface area contributed by atoms with E-state index in [1.807, 2.05) is 0 Å². The smallest absolute Gasteiger partial charge is 0.298 e. The number of benzene rings is 1. The second kappa shape index (κ2) is 9.97. The van der Waals surface area contributed by atoms with E-state index in [2.05, 4.69) is 15.0 Å². The molecule has 0 N–H and O–H groups in total. The van der Waals surface area contributed by atoms with E-state index >= 15 is 0 Å². The lowest BCUT2D eigenvalue weighted by atomic mass is 10.0. The highest BCUT2D eigenvalue weighted by molar-refractivity contribution is 7.89. The molecule has 2 atom stereocenters. The minimum absolute atomic E-state index is 0.0673. The van der Waals surface area contributed by atoms with Crippen molar-refractivity contribution in [2.75, 3.05) is 6.54 Å². The van der Waals surface area contributed by atoms with Crippen LogP contribution in [0.2, 0.25) is 0 Å². The van der Waals surface area contributed by atoms with E-state index in [1.165, 1.54) is 24.5 Å². The van der Waals surface area contributed by atoms with Crippen molar-refractivity contribution in [2.24, 2.45) is 0 Å². The minimum atomic E-state index is -4.47. The molecule has 13 heteroatoms. The fourth-order valence-corrected chi connectivity index (χ4v) is 5.55. The van der Waals surface area contributed by atoms with Crippen LogP contribution in [0.3, 0.4) is 0 Å². The molecule has 3 heterocycles. The molecule has 190 valence electrons. The molecular formula is C23H19F5N4O3S. The molecule has 0 radical (unpaired) electrons. The fraction of sp³-hybridized carbons (Fsp3) is 0.304. The van der Waals surface area contributed by atoms with Crippen LogP contribution >= 0.6 is 0 Å². The molecule has 1 saturated heterocycles. The zero-order valence-corrected chi connectivity index (χ0v) is 19.3. The van der Waals surface area contributed by atoms with Crippen molar-refractivity contribution in [3.63, 3.8) is 0 Å². The third-order valence-electron chi connectivity index (χ3n) is 5.72. The van der Waals surface area contributed by atoms with Crippen molar-refractivity contribution in [3.05, 3.63) is 72.2 Å². The Balaban J connectivity index is 1.47. The standard InChI is InChI=1S/C23H19F5N4O3S/c24-16-7-19(11-29-10-16)36(34,35)32-12-17(25)8-21(32)22(33)6-5-18-9-20(31-13-30-18)14-1-3-15(4-2-14)23(26,27)28/h1-4,7,9-11,13,17,21H,5-6,8,12H2/t17-,21+/m1/s1. The molecule has 0 amide bonds. The summed E-state index contributed by atoms with van der Waals surface area (Å²) < 4.78 is 92.6. The van der Waals surface area contributed by atoms with Gasteiger partial charge in [-0.3, -0.25) is 9.78 Å². The Morgan fingerprint density at radius 1 is 1.08 bits per heavy atom. The van der Waals surface area contributed by atoms with Gasteiger partial charge in [-0.15, -0.1) is 0 Å². The SMILES string of the molecule is O=C(CCc1cc(-c2ccc(C(F)(F)F)cc2)ncn1)[C@@H]1C[C@@H](F)CN1S(=O)(=O)c1cncc(F)c1. The van der Waals surface area contributed by atoms with Gasteiger partial charge in [-0.25, -0.2) is 27.2 Å². The summed E-state index contributed by atoms with van der Waals surface area (Å²) in [6.45, 7) is -0.541. The number of hydrogen-bond donors (Lipinski definition) is 0. The number of carbonyl (C=O) groups excluding carboxylic acids is 1. The van der Waals surface area contributed by atoms with E-state index in [-0.39, 0.29) is 19.3 Å². The third-order valence-corrected chi connectivity index (χ3v) is 7.56. The number of carbonyl (C=O) groups is 1. The average molecular weight is 526 g/mol. The van der Waals surface area contributed by atoms with E-state index in [9.17, 15) is 35.2 Å². The molecule has 2 aromatic heterocycles. The van der Waals surface area contributed by atoms with Gasteiger partial charge in [0.05, 0.1) is 23.5 Å². The number of aromatic nitrogens is 3. The molecule has 1 aliphatic heterocycles. The lowest BCUT2D eigenvalue weighted by Gasteiger charge is -2.22. The number of sulfonamides is 1. The summed E-state index contributed by atoms with van der Waals surface area (Å²) in [4.78, 5) is 24.0. The van der Waals surface area contributed by atoms with Gasteiger partial charge in [0.2, 0.25) is 10.0 Å². The molecule has 36 heavy (non-hydrogen) atoms. The first-order valence-corrected chi connectivity index (χ1v) is 12.2. The number of ketones is 1. The zero-order valence-electron chi connectivity index (χ0n) is 18.5. The summed E-state index contributed by atoms with van der Waals surface area (Å²) in [6, 6.07) is 5.38. The molecule has 0 saturated carbocycles. The highest BCUT2D eigenvalue weighted by Crippen LogP contribution is 2.31. The molecule has 3 aromatic rings. The summed E-state index contributed by atoms with van der Waals surface area (Å²) in [6.07, 6.45) is -3.53. The Hall–Kier alpha value is -3.32. The Labute approximate surface area is 203 Å². The number of alkyl halides is 4. The highest BCUT2D eigenvalue weighted by Gasteiger charge is 2.44. The Morgan fingerprint density at radius 2 is 1.81 bits per heavy atom. The van der Waals surface area contributed by atoms with Crippen LogP contribution in [0.25, 0.3) is 11.3 Å². The first-order valence-electron chi connectivity index (χ1n) is 10.7. The predicted octanol–water partition coefficient (Wildman–Crippen LogP) is 4.00. The third kappa shape index (κ3) is 5.57. The fourth-order valence-electron chi connectivity index (χ4n) is 3.92. The van der Waals surface area contributed by atoms with Crippen molar-refractivity contribution >= 4 is 15.8 Å². The first-order chi connectivity index (χ1) is 16.9. The van der Waals surface area contributed by atoms with Gasteiger partial charge in [0.25, 0.3) is 0 Å². The van der Waals surface area contributed by atoms with Crippen LogP contribution in [0.4, 0.5) is 22.0 Å². The van der Waals surface area contributed by atoms with Gasteiger partial charge in [0, 0.05) is 36.8 Å². The number of Topliss-reactive ketones (excluding diaryl/α,β-unsaturated/α-hetero) is 1. The van der Waals surface area contributed by atoms with Gasteiger partial charge in [-0.05, 0) is 30.7 Å². The highest BCUT2D eigenvalue weighted by atomic mass is 32.2. The van der Waals surface area contributed by atoms with E-state index in [1.54, 1.807) is 0 Å². The van der Waals surface area contributed by atoms with Crippen molar-refractivity contribution in [1.82, 2.24) is 19.3 Å². The molecule has 0 aliphatic carbocycles. The lowest BCUT2D eigenvalue weighted by molar-refractivity contribution is -0.137. The number of pyridine rings is 1. The molecule has 4 rings (SSSR count). The van der Waals surface area contributed by atoms with Crippen molar-refractivity contribution in [2.45, 2.75) is 42.5 Å². The second-order valence-corrected chi connectivity index (χ2v) is 10.1. The van der Waals surface area contributed by atoms with Gasteiger partial charge in [-0.2, -0.15) is 17.5 Å². The number of aryl methyl sites for hydroxylation is 1. The summed E-state index contributed by atoms with van der Waals surface area (Å²) in [5.41, 5.74) is 0.345. The Bertz CT molecular complexity index is 1370. The quantitative estimate of drug-likeness (QED) is 0.432. The van der Waals surface area contributed by atoms with Crippen LogP contribution in [-0.4, -0.2) is 52.2 Å². The van der Waals surface area contributed by atoms with Gasteiger partial charge in [0.15, 0.2) is 5.78 Å². The molecular weight excluding hydrogens is 507 g/mol. The first kappa shape index (κ1) is 25.8. The number of nitrogens with zero attached hydrogens (tertiary/aromatic N) is 4. The van der Waals surface area contributed by atoms with Crippen LogP contribution in [-0.2, 0) is 27.4 Å². The predicted molar refractivity (Wildman–Crippen MR) is 117 cm³/mol. The maximum absolute atomic E-state index is 14.2. The number of hydrogen-bond acceptors (Lipinski definition) is 6. The van der Waals surface area contributed by atoms with Gasteiger partial charge >= 0.3 is 6.18 Å². The van der Waals surface area contributed by atoms with Crippen molar-refractivity contribution in [3.8, 4) is 11.3 Å². The topological polar surface area (TPSA) is 93.1 Å². The van der Waals surface area contributed by atoms with E-state index < -0.39 is 57.0 Å². The Morgan fingerprint density at radius 3 is 2.47 bits per heavy atom.